The molecule has 2 nitrogen and oxygen atoms in total. The molecule has 1 aliphatic rings. The van der Waals surface area contributed by atoms with Gasteiger partial charge in [0.15, 0.2) is 0 Å². The zero-order chi connectivity index (χ0) is 14.7. The predicted molar refractivity (Wildman–Crippen MR) is 86.2 cm³/mol. The van der Waals surface area contributed by atoms with E-state index in [1.54, 1.807) is 0 Å². The lowest BCUT2D eigenvalue weighted by Crippen LogP contribution is -2.14. The van der Waals surface area contributed by atoms with Gasteiger partial charge in [0.2, 0.25) is 0 Å². The van der Waals surface area contributed by atoms with Crippen LogP contribution in [0.25, 0.3) is 0 Å². The van der Waals surface area contributed by atoms with Crippen molar-refractivity contribution in [1.82, 2.24) is 0 Å². The van der Waals surface area contributed by atoms with Crippen LogP contribution >= 0.6 is 0 Å². The topological polar surface area (TPSA) is 35.2 Å². The fourth-order valence-electron chi connectivity index (χ4n) is 2.65. The molecule has 1 unspecified atom stereocenters. The van der Waals surface area contributed by atoms with Gasteiger partial charge in [-0.25, -0.2) is 0 Å². The summed E-state index contributed by atoms with van der Waals surface area (Å²) < 4.78 is 6.04. The number of aryl methyl sites for hydroxylation is 1. The van der Waals surface area contributed by atoms with Crippen molar-refractivity contribution in [2.45, 2.75) is 38.8 Å². The van der Waals surface area contributed by atoms with Crippen molar-refractivity contribution >= 4 is 0 Å². The van der Waals surface area contributed by atoms with Gasteiger partial charge < -0.3 is 10.5 Å². The second-order valence-electron chi connectivity index (χ2n) is 5.86. The van der Waals surface area contributed by atoms with Crippen LogP contribution in [0.4, 0.5) is 0 Å². The molecule has 0 bridgehead atoms. The predicted octanol–water partition coefficient (Wildman–Crippen LogP) is 4.24. The molecule has 2 N–H and O–H groups in total. The van der Waals surface area contributed by atoms with Gasteiger partial charge in [-0.3, -0.25) is 0 Å². The van der Waals surface area contributed by atoms with Crippen LogP contribution in [0.15, 0.2) is 48.5 Å². The molecule has 0 aromatic heterocycles. The Morgan fingerprint density at radius 2 is 1.86 bits per heavy atom. The minimum Gasteiger partial charge on any atom is -0.489 e. The first kappa shape index (κ1) is 14.2. The molecule has 21 heavy (non-hydrogen) atoms. The van der Waals surface area contributed by atoms with Crippen LogP contribution in [0.5, 0.6) is 5.75 Å². The molecule has 3 rings (SSSR count). The van der Waals surface area contributed by atoms with E-state index in [1.807, 2.05) is 18.2 Å². The van der Waals surface area contributed by atoms with Crippen LogP contribution in [-0.2, 0) is 13.0 Å². The summed E-state index contributed by atoms with van der Waals surface area (Å²) in [5, 5.41) is 0. The Labute approximate surface area is 126 Å². The highest BCUT2D eigenvalue weighted by Gasteiger charge is 2.31. The van der Waals surface area contributed by atoms with E-state index < -0.39 is 0 Å². The second kappa shape index (κ2) is 6.31. The van der Waals surface area contributed by atoms with Crippen LogP contribution in [-0.4, -0.2) is 0 Å². The van der Waals surface area contributed by atoms with Gasteiger partial charge in [-0.1, -0.05) is 49.4 Å². The second-order valence-corrected chi connectivity index (χ2v) is 5.86. The summed E-state index contributed by atoms with van der Waals surface area (Å²) in [5.74, 6) is 1.58. The smallest absolute Gasteiger partial charge is 0.124 e. The maximum absolute atomic E-state index is 6.41. The highest BCUT2D eigenvalue weighted by molar-refractivity contribution is 5.40. The zero-order valence-electron chi connectivity index (χ0n) is 12.6. The maximum atomic E-state index is 6.41. The normalized spacial score (nSPS) is 15.7. The summed E-state index contributed by atoms with van der Waals surface area (Å²) in [4.78, 5) is 0. The minimum atomic E-state index is 0.113. The number of nitrogens with two attached hydrogens (primary N) is 1. The Morgan fingerprint density at radius 3 is 2.52 bits per heavy atom. The fraction of sp³-hybridized carbons (Fsp3) is 0.368. The van der Waals surface area contributed by atoms with E-state index in [0.717, 1.165) is 12.2 Å². The fourth-order valence-corrected chi connectivity index (χ4v) is 2.65. The summed E-state index contributed by atoms with van der Waals surface area (Å²) in [7, 11) is 0. The van der Waals surface area contributed by atoms with Gasteiger partial charge in [-0.15, -0.1) is 0 Å². The monoisotopic (exact) mass is 281 g/mol. The third-order valence-corrected chi connectivity index (χ3v) is 4.21. The molecule has 0 spiro atoms. The van der Waals surface area contributed by atoms with Crippen molar-refractivity contribution in [3.8, 4) is 5.75 Å². The summed E-state index contributed by atoms with van der Waals surface area (Å²) in [6, 6.07) is 16.8. The van der Waals surface area contributed by atoms with Crippen LogP contribution in [0.1, 0.15) is 42.5 Å². The van der Waals surface area contributed by atoms with E-state index in [9.17, 15) is 0 Å². The average molecular weight is 281 g/mol. The van der Waals surface area contributed by atoms with E-state index in [0.29, 0.717) is 12.5 Å². The Balaban J connectivity index is 1.79. The molecule has 1 atom stereocenters. The average Bonchev–Trinajstić information content (AvgIpc) is 3.38. The first-order valence-corrected chi connectivity index (χ1v) is 7.83. The van der Waals surface area contributed by atoms with Crippen LogP contribution in [0.3, 0.4) is 0 Å². The van der Waals surface area contributed by atoms with E-state index in [2.05, 4.69) is 37.3 Å². The van der Waals surface area contributed by atoms with Crippen molar-refractivity contribution in [2.24, 2.45) is 11.7 Å². The van der Waals surface area contributed by atoms with Gasteiger partial charge in [0.25, 0.3) is 0 Å². The van der Waals surface area contributed by atoms with Gasteiger partial charge >= 0.3 is 0 Å². The Hall–Kier alpha value is -1.80. The number of hydrogen-bond donors (Lipinski definition) is 1. The summed E-state index contributed by atoms with van der Waals surface area (Å²) >= 11 is 0. The minimum absolute atomic E-state index is 0.113. The molecule has 0 heterocycles. The molecule has 1 aliphatic carbocycles. The van der Waals surface area contributed by atoms with Crippen molar-refractivity contribution < 1.29 is 4.74 Å². The largest absolute Gasteiger partial charge is 0.489 e. The molecule has 1 fully saturated rings. The van der Waals surface area contributed by atoms with Gasteiger partial charge in [-0.2, -0.15) is 0 Å². The zero-order valence-corrected chi connectivity index (χ0v) is 12.6. The summed E-state index contributed by atoms with van der Waals surface area (Å²) in [6.07, 6.45) is 3.52. The molecule has 0 saturated heterocycles. The molecule has 2 aromatic rings. The third kappa shape index (κ3) is 3.45. The SMILES string of the molecule is CCc1ccc(OCc2ccccc2)c(C(N)C2CC2)c1. The molecule has 0 aliphatic heterocycles. The lowest BCUT2D eigenvalue weighted by atomic mass is 9.99. The van der Waals surface area contributed by atoms with E-state index >= 15 is 0 Å². The van der Waals surface area contributed by atoms with Gasteiger partial charge in [0.05, 0.1) is 0 Å². The van der Waals surface area contributed by atoms with Crippen LogP contribution in [0, 0.1) is 5.92 Å². The Kier molecular flexibility index (Phi) is 4.26. The molecule has 0 radical (unpaired) electrons. The number of benzene rings is 2. The van der Waals surface area contributed by atoms with E-state index in [1.165, 1.54) is 29.5 Å². The molecular formula is C19H23NO. The van der Waals surface area contributed by atoms with Gasteiger partial charge in [0, 0.05) is 11.6 Å². The lowest BCUT2D eigenvalue weighted by molar-refractivity contribution is 0.300. The molecule has 2 heteroatoms. The first-order valence-electron chi connectivity index (χ1n) is 7.83. The van der Waals surface area contributed by atoms with Gasteiger partial charge in [-0.05, 0) is 42.4 Å². The highest BCUT2D eigenvalue weighted by Crippen LogP contribution is 2.42. The number of ether oxygens (including phenoxy) is 1. The van der Waals surface area contributed by atoms with Gasteiger partial charge in [0.1, 0.15) is 12.4 Å². The molecule has 1 saturated carbocycles. The van der Waals surface area contributed by atoms with Crippen LogP contribution < -0.4 is 10.5 Å². The van der Waals surface area contributed by atoms with Crippen LogP contribution in [0.2, 0.25) is 0 Å². The molecule has 2 aromatic carbocycles. The quantitative estimate of drug-likeness (QED) is 0.859. The summed E-state index contributed by atoms with van der Waals surface area (Å²) in [6.45, 7) is 2.77. The molecular weight excluding hydrogens is 258 g/mol. The number of rotatable bonds is 6. The number of hydrogen-bond acceptors (Lipinski definition) is 2. The van der Waals surface area contributed by atoms with Crippen molar-refractivity contribution in [1.29, 1.82) is 0 Å². The standard InChI is InChI=1S/C19H23NO/c1-2-14-8-11-18(17(12-14)19(20)16-9-10-16)21-13-15-6-4-3-5-7-15/h3-8,11-12,16,19H,2,9-10,13,20H2,1H3. The molecule has 110 valence electrons. The molecule has 0 amide bonds. The van der Waals surface area contributed by atoms with Crippen molar-refractivity contribution in [3.05, 3.63) is 65.2 Å². The third-order valence-electron chi connectivity index (χ3n) is 4.21. The van der Waals surface area contributed by atoms with E-state index in [4.69, 9.17) is 10.5 Å². The van der Waals surface area contributed by atoms with Crippen molar-refractivity contribution in [2.75, 3.05) is 0 Å². The maximum Gasteiger partial charge on any atom is 0.124 e. The Bertz CT molecular complexity index is 590. The summed E-state index contributed by atoms with van der Waals surface area (Å²) in [5.41, 5.74) is 10.1. The van der Waals surface area contributed by atoms with Crippen molar-refractivity contribution in [3.63, 3.8) is 0 Å². The van der Waals surface area contributed by atoms with E-state index in [-0.39, 0.29) is 6.04 Å². The lowest BCUT2D eigenvalue weighted by Gasteiger charge is -2.18. The highest BCUT2D eigenvalue weighted by atomic mass is 16.5. The Morgan fingerprint density at radius 1 is 1.10 bits per heavy atom. The first-order chi connectivity index (χ1) is 10.3.